The summed E-state index contributed by atoms with van der Waals surface area (Å²) in [6.07, 6.45) is -2.90. The Morgan fingerprint density at radius 1 is 1.28 bits per heavy atom. The van der Waals surface area contributed by atoms with E-state index in [1.54, 1.807) is 13.8 Å². The van der Waals surface area contributed by atoms with Crippen LogP contribution >= 0.6 is 23.2 Å². The highest BCUT2D eigenvalue weighted by atomic mass is 35.5. The number of alkyl halides is 1. The van der Waals surface area contributed by atoms with Gasteiger partial charge in [-0.25, -0.2) is 9.18 Å². The quantitative estimate of drug-likeness (QED) is 0.485. The summed E-state index contributed by atoms with van der Waals surface area (Å²) in [5.41, 5.74) is -0.141. The Bertz CT molecular complexity index is 474. The van der Waals surface area contributed by atoms with Crippen LogP contribution in [0.4, 0.5) is 4.39 Å². The van der Waals surface area contributed by atoms with Gasteiger partial charge in [0.2, 0.25) is 5.78 Å². The first kappa shape index (κ1) is 14.9. The minimum atomic E-state index is -2.40. The molecule has 0 heterocycles. The van der Waals surface area contributed by atoms with Gasteiger partial charge in [0.25, 0.3) is 6.17 Å². The first-order chi connectivity index (χ1) is 8.34. The van der Waals surface area contributed by atoms with E-state index in [0.29, 0.717) is 0 Å². The Kier molecular flexibility index (Phi) is 5.11. The average molecular weight is 293 g/mol. The monoisotopic (exact) mass is 292 g/mol. The van der Waals surface area contributed by atoms with Crippen molar-refractivity contribution in [1.82, 2.24) is 0 Å². The third-order valence-corrected chi connectivity index (χ3v) is 2.82. The lowest BCUT2D eigenvalue weighted by Gasteiger charge is -2.11. The van der Waals surface area contributed by atoms with Crippen LogP contribution in [0.15, 0.2) is 18.2 Å². The van der Waals surface area contributed by atoms with Crippen molar-refractivity contribution < 1.29 is 18.7 Å². The van der Waals surface area contributed by atoms with Crippen molar-refractivity contribution in [3.8, 4) is 0 Å². The number of halogens is 3. The lowest BCUT2D eigenvalue weighted by Crippen LogP contribution is -2.30. The van der Waals surface area contributed by atoms with Crippen molar-refractivity contribution in [3.63, 3.8) is 0 Å². The summed E-state index contributed by atoms with van der Waals surface area (Å²) in [7, 11) is 0. The van der Waals surface area contributed by atoms with Crippen molar-refractivity contribution >= 4 is 35.0 Å². The smallest absolute Gasteiger partial charge is 0.349 e. The molecule has 3 nitrogen and oxygen atoms in total. The first-order valence-electron chi connectivity index (χ1n) is 5.17. The van der Waals surface area contributed by atoms with Crippen LogP contribution in [0.25, 0.3) is 0 Å². The van der Waals surface area contributed by atoms with E-state index in [4.69, 9.17) is 23.2 Å². The van der Waals surface area contributed by atoms with Gasteiger partial charge in [0.05, 0.1) is 16.1 Å². The highest BCUT2D eigenvalue weighted by molar-refractivity contribution is 6.44. The summed E-state index contributed by atoms with van der Waals surface area (Å²) in [4.78, 5) is 23.0. The Labute approximate surface area is 114 Å². The number of carbonyl (C=O) groups is 2. The molecule has 98 valence electrons. The second-order valence-corrected chi connectivity index (χ2v) is 4.60. The van der Waals surface area contributed by atoms with Crippen LogP contribution in [0, 0.1) is 0 Å². The number of rotatable bonds is 4. The molecule has 6 heteroatoms. The number of ketones is 1. The molecule has 0 N–H and O–H groups in total. The molecule has 0 aliphatic rings. The van der Waals surface area contributed by atoms with Crippen LogP contribution in [0.2, 0.25) is 10.0 Å². The van der Waals surface area contributed by atoms with Crippen LogP contribution in [0.3, 0.4) is 0 Å². The number of esters is 1. The maximum Gasteiger partial charge on any atom is 0.349 e. The molecule has 18 heavy (non-hydrogen) atoms. The number of hydrogen-bond donors (Lipinski definition) is 0. The van der Waals surface area contributed by atoms with E-state index in [9.17, 15) is 14.0 Å². The van der Waals surface area contributed by atoms with E-state index >= 15 is 0 Å². The zero-order valence-electron chi connectivity index (χ0n) is 9.75. The first-order valence-corrected chi connectivity index (χ1v) is 5.93. The fourth-order valence-corrected chi connectivity index (χ4v) is 1.62. The summed E-state index contributed by atoms with van der Waals surface area (Å²) >= 11 is 11.5. The van der Waals surface area contributed by atoms with Crippen molar-refractivity contribution in [2.45, 2.75) is 26.1 Å². The zero-order chi connectivity index (χ0) is 13.9. The average Bonchev–Trinajstić information content (AvgIpc) is 2.30. The van der Waals surface area contributed by atoms with Crippen molar-refractivity contribution in [3.05, 3.63) is 33.8 Å². The van der Waals surface area contributed by atoms with Gasteiger partial charge in [0.1, 0.15) is 0 Å². The van der Waals surface area contributed by atoms with E-state index < -0.39 is 24.0 Å². The molecule has 0 aliphatic carbocycles. The number of carbonyl (C=O) groups excluding carboxylic acids is 2. The standard InChI is InChI=1S/C12H11Cl2FO3/c1-6(2)18-12(17)10(15)11(16)7-4-3-5-8(13)9(7)14/h3-6,10H,1-2H3. The molecular weight excluding hydrogens is 282 g/mol. The number of Topliss-reactive ketones (excluding diaryl/α,β-unsaturated/α-hetero) is 1. The normalized spacial score (nSPS) is 12.3. The molecule has 1 aromatic carbocycles. The lowest BCUT2D eigenvalue weighted by molar-refractivity contribution is -0.151. The Hall–Kier alpha value is -1.13. The molecule has 0 saturated carbocycles. The van der Waals surface area contributed by atoms with Gasteiger partial charge in [-0.2, -0.15) is 0 Å². The van der Waals surface area contributed by atoms with E-state index in [0.717, 1.165) is 0 Å². The second kappa shape index (κ2) is 6.16. The van der Waals surface area contributed by atoms with Crippen LogP contribution in [-0.4, -0.2) is 24.0 Å². The van der Waals surface area contributed by atoms with Crippen molar-refractivity contribution in [1.29, 1.82) is 0 Å². The van der Waals surface area contributed by atoms with Gasteiger partial charge in [-0.3, -0.25) is 4.79 Å². The molecule has 0 aliphatic heterocycles. The van der Waals surface area contributed by atoms with Gasteiger partial charge in [0.15, 0.2) is 0 Å². The fraction of sp³-hybridized carbons (Fsp3) is 0.333. The zero-order valence-corrected chi connectivity index (χ0v) is 11.3. The van der Waals surface area contributed by atoms with Gasteiger partial charge < -0.3 is 4.74 Å². The number of benzene rings is 1. The maximum absolute atomic E-state index is 13.6. The van der Waals surface area contributed by atoms with Crippen LogP contribution in [0.5, 0.6) is 0 Å². The van der Waals surface area contributed by atoms with Gasteiger partial charge in [-0.05, 0) is 26.0 Å². The highest BCUT2D eigenvalue weighted by Crippen LogP contribution is 2.27. The molecule has 0 saturated heterocycles. The third-order valence-electron chi connectivity index (χ3n) is 2.01. The summed E-state index contributed by atoms with van der Waals surface area (Å²) in [5.74, 6) is -2.29. The predicted octanol–water partition coefficient (Wildman–Crippen LogP) is 3.47. The summed E-state index contributed by atoms with van der Waals surface area (Å²) in [5, 5.41) is 0.0381. The van der Waals surface area contributed by atoms with E-state index in [1.165, 1.54) is 18.2 Å². The number of ether oxygens (including phenoxy) is 1. The molecule has 1 rings (SSSR count). The maximum atomic E-state index is 13.6. The molecule has 1 unspecified atom stereocenters. The summed E-state index contributed by atoms with van der Waals surface area (Å²) < 4.78 is 18.2. The molecule has 0 spiro atoms. The molecule has 0 bridgehead atoms. The van der Waals surface area contributed by atoms with Crippen LogP contribution in [0.1, 0.15) is 24.2 Å². The molecule has 1 aromatic rings. The molecule has 0 fully saturated rings. The molecular formula is C12H11Cl2FO3. The lowest BCUT2D eigenvalue weighted by atomic mass is 10.1. The van der Waals surface area contributed by atoms with Gasteiger partial charge >= 0.3 is 5.97 Å². The van der Waals surface area contributed by atoms with E-state index in [1.807, 2.05) is 0 Å². The van der Waals surface area contributed by atoms with Crippen molar-refractivity contribution in [2.24, 2.45) is 0 Å². The van der Waals surface area contributed by atoms with Crippen molar-refractivity contribution in [2.75, 3.05) is 0 Å². The Morgan fingerprint density at radius 3 is 2.44 bits per heavy atom. The Balaban J connectivity index is 2.93. The summed E-state index contributed by atoms with van der Waals surface area (Å²) in [6.45, 7) is 3.11. The molecule has 1 atom stereocenters. The molecule has 0 radical (unpaired) electrons. The van der Waals surface area contributed by atoms with E-state index in [2.05, 4.69) is 4.74 Å². The van der Waals surface area contributed by atoms with Crippen LogP contribution < -0.4 is 0 Å². The second-order valence-electron chi connectivity index (χ2n) is 3.81. The van der Waals surface area contributed by atoms with Crippen LogP contribution in [-0.2, 0) is 9.53 Å². The highest BCUT2D eigenvalue weighted by Gasteiger charge is 2.31. The summed E-state index contributed by atoms with van der Waals surface area (Å²) in [6, 6.07) is 4.20. The molecule has 0 aromatic heterocycles. The third kappa shape index (κ3) is 3.43. The largest absolute Gasteiger partial charge is 0.460 e. The predicted molar refractivity (Wildman–Crippen MR) is 66.9 cm³/mol. The SMILES string of the molecule is CC(C)OC(=O)C(F)C(=O)c1cccc(Cl)c1Cl. The topological polar surface area (TPSA) is 43.4 Å². The minimum Gasteiger partial charge on any atom is -0.460 e. The van der Waals surface area contributed by atoms with Gasteiger partial charge in [-0.1, -0.05) is 29.3 Å². The molecule has 0 amide bonds. The fourth-order valence-electron chi connectivity index (χ4n) is 1.23. The van der Waals surface area contributed by atoms with Gasteiger partial charge in [0, 0.05) is 5.56 Å². The van der Waals surface area contributed by atoms with Gasteiger partial charge in [-0.15, -0.1) is 0 Å². The van der Waals surface area contributed by atoms with E-state index in [-0.39, 0.29) is 15.6 Å². The minimum absolute atomic E-state index is 0.0795. The Morgan fingerprint density at radius 2 is 1.89 bits per heavy atom. The number of hydrogen-bond acceptors (Lipinski definition) is 3.